The molecule has 0 radical (unpaired) electrons. The maximum Gasteiger partial charge on any atom is 0.320 e. The number of carboxylic acid groups (broad SMARTS) is 1. The molecule has 0 saturated carbocycles. The number of nitrogens with one attached hydrogen (secondary N) is 1. The number of unbranched alkanes of at least 4 members (excludes halogenated alkanes) is 1. The van der Waals surface area contributed by atoms with Gasteiger partial charge in [-0.05, 0) is 25.9 Å². The van der Waals surface area contributed by atoms with Gasteiger partial charge in [0.25, 0.3) is 0 Å². The third-order valence-corrected chi connectivity index (χ3v) is 1.70. The molecule has 0 bridgehead atoms. The van der Waals surface area contributed by atoms with Crippen LogP contribution in [0.15, 0.2) is 0 Å². The maximum atomic E-state index is 10.6. The number of carboxylic acids is 1. The summed E-state index contributed by atoms with van der Waals surface area (Å²) < 4.78 is 0. The van der Waals surface area contributed by atoms with Crippen LogP contribution in [0, 0.1) is 0 Å². The van der Waals surface area contributed by atoms with Crippen molar-refractivity contribution in [2.45, 2.75) is 32.2 Å². The first kappa shape index (κ1) is 11.4. The van der Waals surface area contributed by atoms with E-state index < -0.39 is 12.0 Å². The average Bonchev–Trinajstić information content (AvgIpc) is 2.03. The molecule has 0 spiro atoms. The van der Waals surface area contributed by atoms with E-state index in [9.17, 15) is 4.79 Å². The van der Waals surface area contributed by atoms with Crippen LogP contribution in [-0.4, -0.2) is 30.2 Å². The molecule has 0 unspecified atom stereocenters. The highest BCUT2D eigenvalue weighted by atomic mass is 16.4. The summed E-state index contributed by atoms with van der Waals surface area (Å²) in [7, 11) is 0. The fourth-order valence-corrected chi connectivity index (χ4v) is 1.05. The van der Waals surface area contributed by atoms with Crippen LogP contribution in [0.5, 0.6) is 0 Å². The number of aliphatic carboxylic acids is 1. The summed E-state index contributed by atoms with van der Waals surface area (Å²) in [5.74, 6) is -0.770. The average molecular weight is 174 g/mol. The van der Waals surface area contributed by atoms with Gasteiger partial charge in [0, 0.05) is 0 Å². The van der Waals surface area contributed by atoms with Crippen molar-refractivity contribution in [3.63, 3.8) is 0 Å². The van der Waals surface area contributed by atoms with Crippen LogP contribution in [-0.2, 0) is 4.79 Å². The van der Waals surface area contributed by atoms with Gasteiger partial charge in [-0.1, -0.05) is 13.3 Å². The largest absolute Gasteiger partial charge is 0.480 e. The maximum absolute atomic E-state index is 10.6. The Morgan fingerprint density at radius 3 is 2.67 bits per heavy atom. The predicted molar refractivity (Wildman–Crippen MR) is 48.0 cm³/mol. The molecule has 0 rings (SSSR count). The van der Waals surface area contributed by atoms with Crippen molar-refractivity contribution >= 4 is 5.97 Å². The smallest absolute Gasteiger partial charge is 0.320 e. The molecule has 0 saturated heterocycles. The van der Waals surface area contributed by atoms with Crippen molar-refractivity contribution in [2.75, 3.05) is 13.1 Å². The second kappa shape index (κ2) is 7.06. The molecule has 4 nitrogen and oxygen atoms in total. The van der Waals surface area contributed by atoms with Crippen LogP contribution in [0.2, 0.25) is 0 Å². The number of likely N-dealkylation sites (N-methyl/N-ethyl adjacent to an activating group) is 1. The zero-order chi connectivity index (χ0) is 9.40. The van der Waals surface area contributed by atoms with Crippen LogP contribution in [0.3, 0.4) is 0 Å². The SMILES string of the molecule is CCN[C@H](CCCCN)C(=O)O. The zero-order valence-corrected chi connectivity index (χ0v) is 7.55. The standard InChI is InChI=1S/C8H18N2O2/c1-2-10-7(8(11)12)5-3-4-6-9/h7,10H,2-6,9H2,1H3,(H,11,12)/t7-/m1/s1. The molecule has 0 aromatic rings. The molecule has 12 heavy (non-hydrogen) atoms. The molecule has 0 aliphatic carbocycles. The molecule has 0 heterocycles. The van der Waals surface area contributed by atoms with E-state index in [1.165, 1.54) is 0 Å². The lowest BCUT2D eigenvalue weighted by atomic mass is 10.1. The van der Waals surface area contributed by atoms with Gasteiger partial charge in [0.05, 0.1) is 0 Å². The Hall–Kier alpha value is -0.610. The van der Waals surface area contributed by atoms with Crippen molar-refractivity contribution in [1.29, 1.82) is 0 Å². The first-order chi connectivity index (χ1) is 5.72. The molecule has 72 valence electrons. The number of rotatable bonds is 7. The molecule has 4 N–H and O–H groups in total. The van der Waals surface area contributed by atoms with E-state index in [2.05, 4.69) is 5.32 Å². The second-order valence-corrected chi connectivity index (χ2v) is 2.73. The lowest BCUT2D eigenvalue weighted by Gasteiger charge is -2.11. The summed E-state index contributed by atoms with van der Waals surface area (Å²) in [6.45, 7) is 3.23. The normalized spacial score (nSPS) is 12.8. The molecule has 0 aromatic carbocycles. The number of nitrogens with two attached hydrogens (primary N) is 1. The van der Waals surface area contributed by atoms with E-state index in [1.54, 1.807) is 0 Å². The van der Waals surface area contributed by atoms with Gasteiger partial charge in [0.15, 0.2) is 0 Å². The Kier molecular flexibility index (Phi) is 6.70. The molecule has 0 aliphatic heterocycles. The first-order valence-corrected chi connectivity index (χ1v) is 4.38. The summed E-state index contributed by atoms with van der Waals surface area (Å²) in [6, 6.07) is -0.401. The third kappa shape index (κ3) is 5.09. The summed E-state index contributed by atoms with van der Waals surface area (Å²) in [6.07, 6.45) is 2.44. The molecule has 0 aliphatic rings. The minimum absolute atomic E-state index is 0.401. The van der Waals surface area contributed by atoms with Gasteiger partial charge in [-0.15, -0.1) is 0 Å². The quantitative estimate of drug-likeness (QED) is 0.481. The van der Waals surface area contributed by atoms with Crippen molar-refractivity contribution in [2.24, 2.45) is 5.73 Å². The summed E-state index contributed by atoms with van der Waals surface area (Å²) >= 11 is 0. The van der Waals surface area contributed by atoms with Crippen LogP contribution in [0.4, 0.5) is 0 Å². The number of hydrogen-bond acceptors (Lipinski definition) is 3. The fraction of sp³-hybridized carbons (Fsp3) is 0.875. The molecule has 0 aromatic heterocycles. The summed E-state index contributed by atoms with van der Waals surface area (Å²) in [4.78, 5) is 10.6. The number of hydrogen-bond donors (Lipinski definition) is 3. The van der Waals surface area contributed by atoms with Gasteiger partial charge in [-0.25, -0.2) is 0 Å². The van der Waals surface area contributed by atoms with E-state index >= 15 is 0 Å². The first-order valence-electron chi connectivity index (χ1n) is 4.38. The van der Waals surface area contributed by atoms with E-state index in [4.69, 9.17) is 10.8 Å². The minimum Gasteiger partial charge on any atom is -0.480 e. The lowest BCUT2D eigenvalue weighted by molar-refractivity contribution is -0.139. The van der Waals surface area contributed by atoms with Crippen molar-refractivity contribution < 1.29 is 9.90 Å². The van der Waals surface area contributed by atoms with Crippen molar-refractivity contribution in [1.82, 2.24) is 5.32 Å². The van der Waals surface area contributed by atoms with Gasteiger partial charge in [-0.2, -0.15) is 0 Å². The Morgan fingerprint density at radius 2 is 2.25 bits per heavy atom. The minimum atomic E-state index is -0.770. The lowest BCUT2D eigenvalue weighted by Crippen LogP contribution is -2.36. The van der Waals surface area contributed by atoms with Crippen molar-refractivity contribution in [3.05, 3.63) is 0 Å². The Bertz CT molecular complexity index is 128. The fourth-order valence-electron chi connectivity index (χ4n) is 1.05. The van der Waals surface area contributed by atoms with Gasteiger partial charge in [0.2, 0.25) is 0 Å². The van der Waals surface area contributed by atoms with E-state index in [0.717, 1.165) is 12.8 Å². The van der Waals surface area contributed by atoms with Gasteiger partial charge in [-0.3, -0.25) is 4.79 Å². The Morgan fingerprint density at radius 1 is 1.58 bits per heavy atom. The monoisotopic (exact) mass is 174 g/mol. The summed E-state index contributed by atoms with van der Waals surface area (Å²) in [5, 5.41) is 11.6. The highest BCUT2D eigenvalue weighted by Gasteiger charge is 2.14. The Balaban J connectivity index is 3.56. The van der Waals surface area contributed by atoms with Crippen LogP contribution in [0.1, 0.15) is 26.2 Å². The van der Waals surface area contributed by atoms with Gasteiger partial charge < -0.3 is 16.2 Å². The van der Waals surface area contributed by atoms with E-state index in [-0.39, 0.29) is 0 Å². The van der Waals surface area contributed by atoms with Crippen LogP contribution in [0.25, 0.3) is 0 Å². The zero-order valence-electron chi connectivity index (χ0n) is 7.55. The van der Waals surface area contributed by atoms with Crippen molar-refractivity contribution in [3.8, 4) is 0 Å². The number of carbonyl (C=O) groups is 1. The topological polar surface area (TPSA) is 75.3 Å². The van der Waals surface area contributed by atoms with E-state index in [0.29, 0.717) is 19.5 Å². The molecular weight excluding hydrogens is 156 g/mol. The third-order valence-electron chi connectivity index (χ3n) is 1.70. The highest BCUT2D eigenvalue weighted by molar-refractivity contribution is 5.73. The van der Waals surface area contributed by atoms with Gasteiger partial charge in [0.1, 0.15) is 6.04 Å². The van der Waals surface area contributed by atoms with E-state index in [1.807, 2.05) is 6.92 Å². The van der Waals surface area contributed by atoms with Gasteiger partial charge >= 0.3 is 5.97 Å². The Labute approximate surface area is 73.1 Å². The van der Waals surface area contributed by atoms with Crippen LogP contribution < -0.4 is 11.1 Å². The molecular formula is C8H18N2O2. The molecule has 0 fully saturated rings. The second-order valence-electron chi connectivity index (χ2n) is 2.73. The summed E-state index contributed by atoms with van der Waals surface area (Å²) in [5.41, 5.74) is 5.30. The molecule has 0 amide bonds. The predicted octanol–water partition coefficient (Wildman–Crippen LogP) is 0.178. The molecule has 1 atom stereocenters. The molecule has 4 heteroatoms. The highest BCUT2D eigenvalue weighted by Crippen LogP contribution is 1.99. The van der Waals surface area contributed by atoms with Crippen LogP contribution >= 0.6 is 0 Å².